The van der Waals surface area contributed by atoms with Gasteiger partial charge in [0.05, 0.1) is 6.04 Å². The van der Waals surface area contributed by atoms with Crippen LogP contribution in [-0.2, 0) is 11.3 Å². The smallest absolute Gasteiger partial charge is 0.290 e. The SMILES string of the molecule is CC(C)c1ccc(C2C(c3ccccc3)=C(O)C(=O)N2Cc2ccc3c(c2)OCO3)cc1. The summed E-state index contributed by atoms with van der Waals surface area (Å²) in [6.07, 6.45) is 0. The Balaban J connectivity index is 1.56. The number of fused-ring (bicyclic) bond motifs is 1. The molecule has 0 aromatic heterocycles. The van der Waals surface area contributed by atoms with E-state index in [1.165, 1.54) is 5.56 Å². The maximum absolute atomic E-state index is 13.2. The first-order valence-corrected chi connectivity index (χ1v) is 10.8. The van der Waals surface area contributed by atoms with Crippen molar-refractivity contribution in [1.29, 1.82) is 0 Å². The third kappa shape index (κ3) is 3.50. The van der Waals surface area contributed by atoms with E-state index in [9.17, 15) is 9.90 Å². The highest BCUT2D eigenvalue weighted by Crippen LogP contribution is 2.44. The molecule has 0 bridgehead atoms. The Kier molecular flexibility index (Phi) is 5.10. The Morgan fingerprint density at radius 1 is 0.969 bits per heavy atom. The summed E-state index contributed by atoms with van der Waals surface area (Å²) in [5.41, 5.74) is 4.58. The van der Waals surface area contributed by atoms with Gasteiger partial charge in [0.2, 0.25) is 6.79 Å². The van der Waals surface area contributed by atoms with Gasteiger partial charge in [0.1, 0.15) is 0 Å². The van der Waals surface area contributed by atoms with Crippen molar-refractivity contribution in [3.63, 3.8) is 0 Å². The first-order valence-electron chi connectivity index (χ1n) is 10.8. The van der Waals surface area contributed by atoms with Gasteiger partial charge in [-0.15, -0.1) is 0 Å². The van der Waals surface area contributed by atoms with Gasteiger partial charge in [0.15, 0.2) is 17.3 Å². The number of carbonyl (C=O) groups excluding carboxylic acids is 1. The quantitative estimate of drug-likeness (QED) is 0.577. The minimum Gasteiger partial charge on any atom is -0.503 e. The maximum atomic E-state index is 13.2. The molecule has 5 nitrogen and oxygen atoms in total. The highest BCUT2D eigenvalue weighted by molar-refractivity contribution is 6.05. The number of ether oxygens (including phenoxy) is 2. The van der Waals surface area contributed by atoms with Gasteiger partial charge in [-0.1, -0.05) is 74.5 Å². The van der Waals surface area contributed by atoms with Gasteiger partial charge < -0.3 is 19.5 Å². The van der Waals surface area contributed by atoms with Crippen LogP contribution in [0.4, 0.5) is 0 Å². The van der Waals surface area contributed by atoms with Crippen LogP contribution in [0.3, 0.4) is 0 Å². The predicted octanol–water partition coefficient (Wildman–Crippen LogP) is 5.59. The number of aliphatic hydroxyl groups is 1. The normalized spacial score (nSPS) is 17.5. The first kappa shape index (κ1) is 20.2. The molecule has 1 N–H and O–H groups in total. The van der Waals surface area contributed by atoms with E-state index in [1.807, 2.05) is 48.5 Å². The van der Waals surface area contributed by atoms with Crippen molar-refractivity contribution in [2.45, 2.75) is 32.4 Å². The van der Waals surface area contributed by atoms with E-state index in [2.05, 4.69) is 38.1 Å². The molecule has 2 aliphatic heterocycles. The summed E-state index contributed by atoms with van der Waals surface area (Å²) in [6, 6.07) is 23.2. The van der Waals surface area contributed by atoms with Gasteiger partial charge in [0, 0.05) is 12.1 Å². The summed E-state index contributed by atoms with van der Waals surface area (Å²) in [4.78, 5) is 15.0. The van der Waals surface area contributed by atoms with Gasteiger partial charge in [-0.05, 0) is 40.3 Å². The highest BCUT2D eigenvalue weighted by Gasteiger charge is 2.41. The molecule has 2 heterocycles. The Bertz CT molecular complexity index is 1180. The third-order valence-corrected chi connectivity index (χ3v) is 6.10. The molecular weight excluding hydrogens is 402 g/mol. The number of carbonyl (C=O) groups is 1. The minimum atomic E-state index is -0.392. The molecule has 0 radical (unpaired) electrons. The van der Waals surface area contributed by atoms with Crippen molar-refractivity contribution < 1.29 is 19.4 Å². The number of aliphatic hydroxyl groups excluding tert-OH is 1. The molecule has 32 heavy (non-hydrogen) atoms. The first-order chi connectivity index (χ1) is 15.5. The molecule has 1 amide bonds. The second-order valence-corrected chi connectivity index (χ2v) is 8.47. The summed E-state index contributed by atoms with van der Waals surface area (Å²) >= 11 is 0. The molecule has 1 atom stereocenters. The van der Waals surface area contributed by atoms with E-state index >= 15 is 0 Å². The van der Waals surface area contributed by atoms with E-state index in [0.717, 1.165) is 16.7 Å². The molecule has 0 saturated carbocycles. The van der Waals surface area contributed by atoms with Crippen LogP contribution in [0.15, 0.2) is 78.6 Å². The second kappa shape index (κ2) is 8.08. The minimum absolute atomic E-state index is 0.199. The summed E-state index contributed by atoms with van der Waals surface area (Å²) < 4.78 is 10.9. The average Bonchev–Trinajstić information content (AvgIpc) is 3.37. The van der Waals surface area contributed by atoms with Gasteiger partial charge >= 0.3 is 0 Å². The standard InChI is InChI=1S/C27H25NO4/c1-17(2)19-9-11-21(12-10-19)25-24(20-6-4-3-5-7-20)26(29)27(30)28(25)15-18-8-13-22-23(14-18)32-16-31-22/h3-14,17,25,29H,15-16H2,1-2H3. The highest BCUT2D eigenvalue weighted by atomic mass is 16.7. The fourth-order valence-corrected chi connectivity index (χ4v) is 4.38. The van der Waals surface area contributed by atoms with Crippen LogP contribution in [0, 0.1) is 0 Å². The Morgan fingerprint density at radius 2 is 1.69 bits per heavy atom. The topological polar surface area (TPSA) is 59.0 Å². The third-order valence-electron chi connectivity index (χ3n) is 6.10. The van der Waals surface area contributed by atoms with Crippen LogP contribution in [0.25, 0.3) is 5.57 Å². The largest absolute Gasteiger partial charge is 0.503 e. The molecule has 2 aliphatic rings. The zero-order chi connectivity index (χ0) is 22.2. The molecular formula is C27H25NO4. The zero-order valence-corrected chi connectivity index (χ0v) is 18.1. The Labute approximate surface area is 187 Å². The lowest BCUT2D eigenvalue weighted by Crippen LogP contribution is -2.29. The average molecular weight is 428 g/mol. The molecule has 0 fully saturated rings. The Morgan fingerprint density at radius 3 is 2.41 bits per heavy atom. The van der Waals surface area contributed by atoms with Crippen molar-refractivity contribution in [2.75, 3.05) is 6.79 Å². The van der Waals surface area contributed by atoms with Crippen LogP contribution in [-0.4, -0.2) is 22.7 Å². The van der Waals surface area contributed by atoms with E-state index in [1.54, 1.807) is 4.90 Å². The van der Waals surface area contributed by atoms with Crippen molar-refractivity contribution in [2.24, 2.45) is 0 Å². The van der Waals surface area contributed by atoms with E-state index in [-0.39, 0.29) is 18.5 Å². The van der Waals surface area contributed by atoms with Gasteiger partial charge in [-0.25, -0.2) is 0 Å². The number of hydrogen-bond acceptors (Lipinski definition) is 4. The van der Waals surface area contributed by atoms with Crippen molar-refractivity contribution in [3.05, 3.63) is 101 Å². The molecule has 162 valence electrons. The maximum Gasteiger partial charge on any atom is 0.290 e. The van der Waals surface area contributed by atoms with Crippen molar-refractivity contribution in [1.82, 2.24) is 4.90 Å². The summed E-state index contributed by atoms with van der Waals surface area (Å²) in [5.74, 6) is 1.21. The second-order valence-electron chi connectivity index (χ2n) is 8.47. The van der Waals surface area contributed by atoms with Gasteiger partial charge in [0.25, 0.3) is 5.91 Å². The van der Waals surface area contributed by atoms with Crippen LogP contribution in [0.2, 0.25) is 0 Å². The monoisotopic (exact) mass is 427 g/mol. The summed E-state index contributed by atoms with van der Waals surface area (Å²) in [7, 11) is 0. The number of hydrogen-bond donors (Lipinski definition) is 1. The number of nitrogens with zero attached hydrogens (tertiary/aromatic N) is 1. The number of amides is 1. The van der Waals surface area contributed by atoms with Gasteiger partial charge in [-0.2, -0.15) is 0 Å². The number of benzene rings is 3. The van der Waals surface area contributed by atoms with Crippen LogP contribution < -0.4 is 9.47 Å². The van der Waals surface area contributed by atoms with Crippen molar-refractivity contribution >= 4 is 11.5 Å². The van der Waals surface area contributed by atoms with Crippen molar-refractivity contribution in [3.8, 4) is 11.5 Å². The predicted molar refractivity (Wildman–Crippen MR) is 122 cm³/mol. The lowest BCUT2D eigenvalue weighted by atomic mass is 9.91. The zero-order valence-electron chi connectivity index (χ0n) is 18.1. The lowest BCUT2D eigenvalue weighted by Gasteiger charge is -2.28. The van der Waals surface area contributed by atoms with Gasteiger partial charge in [-0.3, -0.25) is 4.79 Å². The molecule has 3 aromatic rings. The molecule has 1 unspecified atom stereocenters. The van der Waals surface area contributed by atoms with E-state index in [4.69, 9.17) is 9.47 Å². The van der Waals surface area contributed by atoms with Crippen LogP contribution >= 0.6 is 0 Å². The van der Waals surface area contributed by atoms with E-state index in [0.29, 0.717) is 29.5 Å². The molecule has 0 aliphatic carbocycles. The summed E-state index contributed by atoms with van der Waals surface area (Å²) in [5, 5.41) is 10.9. The molecule has 5 heteroatoms. The number of rotatable bonds is 5. The fraction of sp³-hybridized carbons (Fsp3) is 0.222. The molecule has 5 rings (SSSR count). The Hall–Kier alpha value is -3.73. The molecule has 0 saturated heterocycles. The van der Waals surface area contributed by atoms with Crippen LogP contribution in [0.1, 0.15) is 48.1 Å². The fourth-order valence-electron chi connectivity index (χ4n) is 4.38. The molecule has 3 aromatic carbocycles. The van der Waals surface area contributed by atoms with E-state index < -0.39 is 6.04 Å². The van der Waals surface area contributed by atoms with Crippen LogP contribution in [0.5, 0.6) is 11.5 Å². The molecule has 0 spiro atoms. The lowest BCUT2D eigenvalue weighted by molar-refractivity contribution is -0.130. The summed E-state index contributed by atoms with van der Waals surface area (Å²) in [6.45, 7) is 4.85.